The molecule has 5 nitrogen and oxygen atoms in total. The monoisotopic (exact) mass is 412 g/mol. The molecule has 2 aliphatic rings. The van der Waals surface area contributed by atoms with Gasteiger partial charge >= 0.3 is 0 Å². The Morgan fingerprint density at radius 1 is 1.00 bits per heavy atom. The van der Waals surface area contributed by atoms with E-state index in [9.17, 15) is 13.6 Å². The highest BCUT2D eigenvalue weighted by Crippen LogP contribution is 2.41. The normalized spacial score (nSPS) is 16.8. The van der Waals surface area contributed by atoms with Crippen molar-refractivity contribution in [3.8, 4) is 0 Å². The maximum atomic E-state index is 13.5. The molecule has 1 saturated carbocycles. The van der Waals surface area contributed by atoms with E-state index in [1.807, 2.05) is 17.0 Å². The highest BCUT2D eigenvalue weighted by molar-refractivity contribution is 5.82. The lowest BCUT2D eigenvalue weighted by Gasteiger charge is -2.27. The molecule has 1 N–H and O–H groups in total. The van der Waals surface area contributed by atoms with Gasteiger partial charge in [0, 0.05) is 43.0 Å². The maximum Gasteiger partial charge on any atom is 0.200 e. The van der Waals surface area contributed by atoms with Crippen LogP contribution in [0.1, 0.15) is 29.9 Å². The van der Waals surface area contributed by atoms with Gasteiger partial charge in [-0.15, -0.1) is 0 Å². The zero-order valence-corrected chi connectivity index (χ0v) is 16.4. The number of fused-ring (bicyclic) bond motifs is 1. The minimum atomic E-state index is -0.643. The summed E-state index contributed by atoms with van der Waals surface area (Å²) in [5, 5.41) is 3.60. The number of anilines is 2. The van der Waals surface area contributed by atoms with Crippen LogP contribution in [-0.4, -0.2) is 26.3 Å². The van der Waals surface area contributed by atoms with E-state index in [0.29, 0.717) is 54.8 Å². The molecule has 1 saturated heterocycles. The Labute approximate surface area is 172 Å². The largest absolute Gasteiger partial charge is 0.440 e. The third-order valence-electron chi connectivity index (χ3n) is 5.63. The van der Waals surface area contributed by atoms with Crippen molar-refractivity contribution < 1.29 is 17.9 Å². The van der Waals surface area contributed by atoms with Gasteiger partial charge in [0.15, 0.2) is 11.3 Å². The summed E-state index contributed by atoms with van der Waals surface area (Å²) in [6, 6.07) is 8.82. The molecule has 3 aromatic rings. The fourth-order valence-corrected chi connectivity index (χ4v) is 3.92. The molecule has 0 spiro atoms. The smallest absolute Gasteiger partial charge is 0.200 e. The summed E-state index contributed by atoms with van der Waals surface area (Å²) in [7, 11) is 0. The number of rotatable bonds is 5. The van der Waals surface area contributed by atoms with Gasteiger partial charge in [-0.1, -0.05) is 0 Å². The second-order valence-corrected chi connectivity index (χ2v) is 7.89. The summed E-state index contributed by atoms with van der Waals surface area (Å²) in [4.78, 5) is 14.9. The van der Waals surface area contributed by atoms with E-state index in [1.165, 1.54) is 12.1 Å². The molecule has 1 aliphatic carbocycles. The first kappa shape index (κ1) is 19.1. The van der Waals surface area contributed by atoms with E-state index in [2.05, 4.69) is 5.32 Å². The van der Waals surface area contributed by atoms with E-state index in [0.717, 1.165) is 30.0 Å². The number of hydrogen-bond donors (Lipinski definition) is 1. The zero-order valence-electron chi connectivity index (χ0n) is 16.4. The Kier molecular flexibility index (Phi) is 4.90. The SMILES string of the molecule is O=c1cc(N2CCOCC2)oc2c(CNc3cc(F)cc(F)c3)cc(C3CC3)cc12. The first-order valence-electron chi connectivity index (χ1n) is 10.2. The van der Waals surface area contributed by atoms with Crippen molar-refractivity contribution in [2.75, 3.05) is 36.5 Å². The Morgan fingerprint density at radius 3 is 2.43 bits per heavy atom. The van der Waals surface area contributed by atoms with Crippen LogP contribution >= 0.6 is 0 Å². The molecule has 156 valence electrons. The predicted octanol–water partition coefficient (Wildman–Crippen LogP) is 4.40. The molecule has 1 aromatic heterocycles. The van der Waals surface area contributed by atoms with Crippen molar-refractivity contribution in [1.29, 1.82) is 0 Å². The van der Waals surface area contributed by atoms with Gasteiger partial charge in [0.25, 0.3) is 0 Å². The number of nitrogens with zero attached hydrogens (tertiary/aromatic N) is 1. The fraction of sp³-hybridized carbons (Fsp3) is 0.348. The van der Waals surface area contributed by atoms with Crippen LogP contribution in [0.2, 0.25) is 0 Å². The standard InChI is InChI=1S/C23H22F2N2O3/c24-17-9-18(25)11-19(10-17)26-13-16-7-15(14-1-2-14)8-20-21(28)12-22(30-23(16)20)27-3-5-29-6-4-27/h7-12,14,26H,1-6,13H2. The molecular formula is C23H22F2N2O3. The predicted molar refractivity (Wildman–Crippen MR) is 111 cm³/mol. The Bertz CT molecular complexity index is 1130. The van der Waals surface area contributed by atoms with Crippen LogP contribution in [0.15, 0.2) is 45.6 Å². The van der Waals surface area contributed by atoms with Crippen molar-refractivity contribution >= 4 is 22.5 Å². The van der Waals surface area contributed by atoms with Crippen LogP contribution in [0.5, 0.6) is 0 Å². The second kappa shape index (κ2) is 7.72. The molecule has 0 unspecified atom stereocenters. The molecule has 2 aromatic carbocycles. The molecule has 0 atom stereocenters. The van der Waals surface area contributed by atoms with Crippen LogP contribution in [0.25, 0.3) is 11.0 Å². The zero-order chi connectivity index (χ0) is 20.7. The summed E-state index contributed by atoms with van der Waals surface area (Å²) in [6.07, 6.45) is 2.20. The van der Waals surface area contributed by atoms with Gasteiger partial charge in [0.1, 0.15) is 17.2 Å². The van der Waals surface area contributed by atoms with E-state index in [4.69, 9.17) is 9.15 Å². The van der Waals surface area contributed by atoms with Crippen molar-refractivity contribution in [2.45, 2.75) is 25.3 Å². The molecule has 5 rings (SSSR count). The molecule has 0 radical (unpaired) electrons. The van der Waals surface area contributed by atoms with Crippen LogP contribution in [-0.2, 0) is 11.3 Å². The first-order chi connectivity index (χ1) is 14.6. The van der Waals surface area contributed by atoms with Crippen LogP contribution in [0.3, 0.4) is 0 Å². The average Bonchev–Trinajstić information content (AvgIpc) is 3.57. The molecule has 30 heavy (non-hydrogen) atoms. The molecular weight excluding hydrogens is 390 g/mol. The second-order valence-electron chi connectivity index (χ2n) is 7.89. The average molecular weight is 412 g/mol. The van der Waals surface area contributed by atoms with Crippen molar-refractivity contribution in [2.24, 2.45) is 0 Å². The highest BCUT2D eigenvalue weighted by Gasteiger charge is 2.26. The number of ether oxygens (including phenoxy) is 1. The lowest BCUT2D eigenvalue weighted by Crippen LogP contribution is -2.36. The molecule has 2 heterocycles. The summed E-state index contributed by atoms with van der Waals surface area (Å²) in [5.41, 5.74) is 2.67. The molecule has 0 bridgehead atoms. The van der Waals surface area contributed by atoms with Gasteiger partial charge in [-0.05, 0) is 48.6 Å². The van der Waals surface area contributed by atoms with Gasteiger partial charge in [-0.25, -0.2) is 8.78 Å². The Balaban J connectivity index is 1.55. The van der Waals surface area contributed by atoms with Crippen LogP contribution in [0, 0.1) is 11.6 Å². The van der Waals surface area contributed by atoms with E-state index in [1.54, 1.807) is 6.07 Å². The number of morpholine rings is 1. The quantitative estimate of drug-likeness (QED) is 0.673. The van der Waals surface area contributed by atoms with Gasteiger partial charge in [0.05, 0.1) is 18.6 Å². The minimum Gasteiger partial charge on any atom is -0.440 e. The topological polar surface area (TPSA) is 54.7 Å². The van der Waals surface area contributed by atoms with E-state index < -0.39 is 11.6 Å². The summed E-state index contributed by atoms with van der Waals surface area (Å²) in [6.45, 7) is 2.77. The molecule has 1 aliphatic heterocycles. The highest BCUT2D eigenvalue weighted by atomic mass is 19.1. The van der Waals surface area contributed by atoms with Crippen molar-refractivity contribution in [1.82, 2.24) is 0 Å². The number of halogens is 2. The van der Waals surface area contributed by atoms with E-state index in [-0.39, 0.29) is 12.0 Å². The Morgan fingerprint density at radius 2 is 1.73 bits per heavy atom. The van der Waals surface area contributed by atoms with Crippen LogP contribution < -0.4 is 15.6 Å². The van der Waals surface area contributed by atoms with Gasteiger partial charge in [-0.2, -0.15) is 0 Å². The molecule has 7 heteroatoms. The lowest BCUT2D eigenvalue weighted by molar-refractivity contribution is 0.121. The molecule has 2 fully saturated rings. The maximum absolute atomic E-state index is 13.5. The number of hydrogen-bond acceptors (Lipinski definition) is 5. The summed E-state index contributed by atoms with van der Waals surface area (Å²) in [5.74, 6) is -0.309. The van der Waals surface area contributed by atoms with Crippen molar-refractivity contribution in [3.63, 3.8) is 0 Å². The van der Waals surface area contributed by atoms with Gasteiger partial charge < -0.3 is 19.4 Å². The van der Waals surface area contributed by atoms with Crippen molar-refractivity contribution in [3.05, 3.63) is 69.4 Å². The molecule has 0 amide bonds. The van der Waals surface area contributed by atoms with E-state index >= 15 is 0 Å². The number of nitrogens with one attached hydrogen (secondary N) is 1. The third kappa shape index (κ3) is 3.89. The number of benzene rings is 2. The van der Waals surface area contributed by atoms with Gasteiger partial charge in [-0.3, -0.25) is 4.79 Å². The fourth-order valence-electron chi connectivity index (χ4n) is 3.92. The summed E-state index contributed by atoms with van der Waals surface area (Å²) < 4.78 is 38.7. The first-order valence-corrected chi connectivity index (χ1v) is 10.2. The van der Waals surface area contributed by atoms with Crippen LogP contribution in [0.4, 0.5) is 20.4 Å². The lowest BCUT2D eigenvalue weighted by atomic mass is 10.0. The Hall–Kier alpha value is -2.93. The minimum absolute atomic E-state index is 0.0849. The third-order valence-corrected chi connectivity index (χ3v) is 5.63. The summed E-state index contributed by atoms with van der Waals surface area (Å²) >= 11 is 0. The van der Waals surface area contributed by atoms with Gasteiger partial charge in [0.2, 0.25) is 0 Å².